The van der Waals surface area contributed by atoms with Crippen LogP contribution in [0.2, 0.25) is 0 Å². The summed E-state index contributed by atoms with van der Waals surface area (Å²) in [5.74, 6) is -3.74. The zero-order valence-electron chi connectivity index (χ0n) is 25.8. The molecule has 12 nitrogen and oxygen atoms in total. The fourth-order valence-corrected chi connectivity index (χ4v) is 5.41. The number of carbonyl (C=O) groups is 3. The van der Waals surface area contributed by atoms with Crippen molar-refractivity contribution in [3.63, 3.8) is 0 Å². The summed E-state index contributed by atoms with van der Waals surface area (Å²) in [5, 5.41) is 14.2. The van der Waals surface area contributed by atoms with Crippen molar-refractivity contribution in [2.45, 2.75) is 70.9 Å². The molecule has 2 aliphatic heterocycles. The second-order valence-electron chi connectivity index (χ2n) is 11.2. The summed E-state index contributed by atoms with van der Waals surface area (Å²) < 4.78 is 65.8. The number of pyridine rings is 1. The van der Waals surface area contributed by atoms with Gasteiger partial charge in [0, 0.05) is 49.7 Å². The lowest BCUT2D eigenvalue weighted by Gasteiger charge is -2.47. The van der Waals surface area contributed by atoms with Crippen LogP contribution in [0.25, 0.3) is 0 Å². The molecule has 18 heteroatoms. The van der Waals surface area contributed by atoms with E-state index in [4.69, 9.17) is 24.8 Å². The Balaban J connectivity index is 0.000000360. The number of imidazole rings is 1. The van der Waals surface area contributed by atoms with Crippen molar-refractivity contribution >= 4 is 23.8 Å². The van der Waals surface area contributed by atoms with Gasteiger partial charge in [0.2, 0.25) is 5.95 Å². The Morgan fingerprint density at radius 2 is 1.43 bits per heavy atom. The third kappa shape index (κ3) is 8.94. The first-order valence-corrected chi connectivity index (χ1v) is 14.2. The van der Waals surface area contributed by atoms with Crippen LogP contribution in [0, 0.1) is 13.8 Å². The van der Waals surface area contributed by atoms with E-state index < -0.39 is 24.3 Å². The fraction of sp³-hybridized carbons (Fsp3) is 0.483. The summed E-state index contributed by atoms with van der Waals surface area (Å²) >= 11 is 0. The van der Waals surface area contributed by atoms with Gasteiger partial charge in [0.1, 0.15) is 11.5 Å². The molecule has 47 heavy (non-hydrogen) atoms. The molecule has 1 saturated heterocycles. The number of halogens is 6. The second kappa shape index (κ2) is 14.3. The Kier molecular flexibility index (Phi) is 11.2. The fourth-order valence-electron chi connectivity index (χ4n) is 5.41. The number of aromatic nitrogens is 5. The number of rotatable bonds is 3. The van der Waals surface area contributed by atoms with Crippen LogP contribution in [0.15, 0.2) is 36.8 Å². The van der Waals surface area contributed by atoms with E-state index in [0.717, 1.165) is 43.3 Å². The highest BCUT2D eigenvalue weighted by Gasteiger charge is 2.47. The van der Waals surface area contributed by atoms with E-state index in [0.29, 0.717) is 18.8 Å². The topological polar surface area (TPSA) is 155 Å². The number of aryl methyl sites for hydroxylation is 2. The minimum absolute atomic E-state index is 0.0111. The molecule has 0 atom stereocenters. The number of hydrogen-bond donors (Lipinski definition) is 2. The summed E-state index contributed by atoms with van der Waals surface area (Å²) in [6.07, 6.45) is -3.03. The van der Waals surface area contributed by atoms with E-state index >= 15 is 0 Å². The SMILES string of the molecule is Cc1ccc(C(=O)N2Cc3c(nc(C)n3C(C)C)C3(CCN(c4ncccn4)CC3)C2)nc1.O=C(O)C(F)(F)F.O=C(O)C(F)(F)F. The number of alkyl halides is 6. The van der Waals surface area contributed by atoms with Crippen molar-refractivity contribution in [2.75, 3.05) is 24.5 Å². The zero-order chi connectivity index (χ0) is 35.3. The standard InChI is InChI=1S/C25H31N7O.2C2HF3O2/c1-17(2)32-19(4)29-22-21(32)15-31(23(33)20-7-6-18(3)14-28-20)16-25(22)8-12-30(13-9-25)24-26-10-5-11-27-24;2*3-2(4,5)1(6)7/h5-7,10-11,14,17H,8-9,12-13,15-16H2,1-4H3;2*(H,6,7). The van der Waals surface area contributed by atoms with Crippen LogP contribution in [0.1, 0.15) is 66.0 Å². The number of aliphatic carboxylic acids is 2. The molecular formula is C29H33F6N7O5. The van der Waals surface area contributed by atoms with Crippen molar-refractivity contribution < 1.29 is 50.9 Å². The van der Waals surface area contributed by atoms with E-state index in [-0.39, 0.29) is 17.4 Å². The molecule has 3 aromatic rings. The average molecular weight is 674 g/mol. The zero-order valence-corrected chi connectivity index (χ0v) is 25.8. The van der Waals surface area contributed by atoms with E-state index in [1.165, 1.54) is 11.4 Å². The highest BCUT2D eigenvalue weighted by atomic mass is 19.4. The van der Waals surface area contributed by atoms with Crippen molar-refractivity contribution in [3.05, 3.63) is 65.3 Å². The van der Waals surface area contributed by atoms with Crippen molar-refractivity contribution in [1.29, 1.82) is 0 Å². The van der Waals surface area contributed by atoms with Gasteiger partial charge in [-0.15, -0.1) is 0 Å². The van der Waals surface area contributed by atoms with E-state index in [9.17, 15) is 31.1 Å². The number of anilines is 1. The van der Waals surface area contributed by atoms with Crippen LogP contribution in [-0.2, 0) is 21.5 Å². The molecule has 3 aromatic heterocycles. The van der Waals surface area contributed by atoms with Gasteiger partial charge in [-0.1, -0.05) is 6.07 Å². The molecule has 2 aliphatic rings. The average Bonchev–Trinajstić information content (AvgIpc) is 3.34. The number of fused-ring (bicyclic) bond motifs is 2. The van der Waals surface area contributed by atoms with E-state index in [2.05, 4.69) is 45.2 Å². The molecule has 0 saturated carbocycles. The molecule has 0 aromatic carbocycles. The number of piperidine rings is 1. The molecule has 1 spiro atoms. The molecule has 2 N–H and O–H groups in total. The lowest BCUT2D eigenvalue weighted by molar-refractivity contribution is -0.193. The van der Waals surface area contributed by atoms with E-state index in [1.807, 2.05) is 30.0 Å². The van der Waals surface area contributed by atoms with Gasteiger partial charge in [0.05, 0.1) is 17.9 Å². The normalized spacial score (nSPS) is 15.6. The van der Waals surface area contributed by atoms with Crippen molar-refractivity contribution in [2.24, 2.45) is 0 Å². The quantitative estimate of drug-likeness (QED) is 0.373. The molecule has 1 amide bonds. The van der Waals surface area contributed by atoms with Crippen LogP contribution in [0.4, 0.5) is 32.3 Å². The van der Waals surface area contributed by atoms with Gasteiger partial charge in [-0.2, -0.15) is 26.3 Å². The summed E-state index contributed by atoms with van der Waals surface area (Å²) in [7, 11) is 0. The van der Waals surface area contributed by atoms with Gasteiger partial charge in [-0.05, 0) is 58.2 Å². The Bertz CT molecular complexity index is 1530. The maximum absolute atomic E-state index is 13.5. The predicted octanol–water partition coefficient (Wildman–Crippen LogP) is 4.73. The minimum Gasteiger partial charge on any atom is -0.475 e. The number of amides is 1. The van der Waals surface area contributed by atoms with Crippen molar-refractivity contribution in [3.8, 4) is 0 Å². The Hall–Kier alpha value is -4.77. The first-order chi connectivity index (χ1) is 21.8. The molecule has 1 fully saturated rings. The van der Waals surface area contributed by atoms with Crippen LogP contribution in [0.5, 0.6) is 0 Å². The summed E-state index contributed by atoms with van der Waals surface area (Å²) in [6.45, 7) is 11.3. The summed E-state index contributed by atoms with van der Waals surface area (Å²) in [6, 6.07) is 5.90. The predicted molar refractivity (Wildman–Crippen MR) is 154 cm³/mol. The molecule has 5 heterocycles. The third-order valence-electron chi connectivity index (χ3n) is 7.50. The summed E-state index contributed by atoms with van der Waals surface area (Å²) in [5.41, 5.74) is 3.71. The first kappa shape index (κ1) is 36.7. The van der Waals surface area contributed by atoms with Gasteiger partial charge in [0.15, 0.2) is 0 Å². The maximum Gasteiger partial charge on any atom is 0.490 e. The lowest BCUT2D eigenvalue weighted by atomic mass is 9.72. The number of carbonyl (C=O) groups excluding carboxylic acids is 1. The van der Waals surface area contributed by atoms with Gasteiger partial charge < -0.3 is 24.6 Å². The van der Waals surface area contributed by atoms with Crippen LogP contribution >= 0.6 is 0 Å². The smallest absolute Gasteiger partial charge is 0.475 e. The number of hydrogen-bond acceptors (Lipinski definition) is 8. The van der Waals surface area contributed by atoms with Crippen LogP contribution in [-0.4, -0.2) is 89.4 Å². The van der Waals surface area contributed by atoms with Gasteiger partial charge in [-0.25, -0.2) is 24.5 Å². The van der Waals surface area contributed by atoms with Crippen molar-refractivity contribution in [1.82, 2.24) is 29.4 Å². The maximum atomic E-state index is 13.5. The Labute approximate surface area is 265 Å². The van der Waals surface area contributed by atoms with Crippen LogP contribution in [0.3, 0.4) is 0 Å². The second-order valence-corrected chi connectivity index (χ2v) is 11.2. The highest BCUT2D eigenvalue weighted by Crippen LogP contribution is 2.43. The van der Waals surface area contributed by atoms with E-state index in [1.54, 1.807) is 18.6 Å². The Morgan fingerprint density at radius 3 is 1.87 bits per heavy atom. The third-order valence-corrected chi connectivity index (χ3v) is 7.50. The molecule has 0 bridgehead atoms. The molecular weight excluding hydrogens is 640 g/mol. The van der Waals surface area contributed by atoms with Gasteiger partial charge >= 0.3 is 24.3 Å². The number of carboxylic acid groups (broad SMARTS) is 2. The molecule has 0 radical (unpaired) electrons. The van der Waals surface area contributed by atoms with Gasteiger partial charge in [-0.3, -0.25) is 9.78 Å². The molecule has 5 rings (SSSR count). The molecule has 0 aliphatic carbocycles. The number of carboxylic acids is 2. The first-order valence-electron chi connectivity index (χ1n) is 14.2. The van der Waals surface area contributed by atoms with Crippen LogP contribution < -0.4 is 4.90 Å². The largest absolute Gasteiger partial charge is 0.490 e. The lowest BCUT2D eigenvalue weighted by Crippen LogP contribution is -2.54. The number of nitrogens with zero attached hydrogens (tertiary/aromatic N) is 7. The summed E-state index contributed by atoms with van der Waals surface area (Å²) in [4.78, 5) is 53.9. The molecule has 256 valence electrons. The minimum atomic E-state index is -5.08. The highest BCUT2D eigenvalue weighted by molar-refractivity contribution is 5.92. The monoisotopic (exact) mass is 673 g/mol. The molecule has 0 unspecified atom stereocenters. The Morgan fingerprint density at radius 1 is 0.894 bits per heavy atom. The van der Waals surface area contributed by atoms with Gasteiger partial charge in [0.25, 0.3) is 5.91 Å².